The Morgan fingerprint density at radius 1 is 1.41 bits per heavy atom. The third kappa shape index (κ3) is 2.00. The first-order valence-corrected chi connectivity index (χ1v) is 7.32. The molecule has 90 valence electrons. The van der Waals surface area contributed by atoms with Crippen LogP contribution < -0.4 is 4.90 Å². The zero-order chi connectivity index (χ0) is 11.7. The van der Waals surface area contributed by atoms with E-state index >= 15 is 0 Å². The molecular formula is C12H14ClN3S. The Hall–Kier alpha value is -0.870. The van der Waals surface area contributed by atoms with Gasteiger partial charge in [0.15, 0.2) is 0 Å². The SMILES string of the molecule is ClCCN(c1ncnc2ccsc12)C1CCC1. The molecule has 3 nitrogen and oxygen atoms in total. The summed E-state index contributed by atoms with van der Waals surface area (Å²) in [5, 5.41) is 2.07. The molecule has 1 aliphatic rings. The van der Waals surface area contributed by atoms with Gasteiger partial charge >= 0.3 is 0 Å². The largest absolute Gasteiger partial charge is 0.351 e. The summed E-state index contributed by atoms with van der Waals surface area (Å²) in [5.74, 6) is 1.71. The third-order valence-corrected chi connectivity index (χ3v) is 4.41. The van der Waals surface area contributed by atoms with Gasteiger partial charge in [-0.2, -0.15) is 0 Å². The number of rotatable bonds is 4. The van der Waals surface area contributed by atoms with Crippen LogP contribution in [0.3, 0.4) is 0 Å². The lowest BCUT2D eigenvalue weighted by atomic mass is 9.91. The van der Waals surface area contributed by atoms with Crippen LogP contribution in [0, 0.1) is 0 Å². The van der Waals surface area contributed by atoms with Gasteiger partial charge in [-0.3, -0.25) is 0 Å². The molecule has 0 aliphatic heterocycles. The highest BCUT2D eigenvalue weighted by Gasteiger charge is 2.27. The van der Waals surface area contributed by atoms with Crippen LogP contribution in [-0.2, 0) is 0 Å². The first-order valence-electron chi connectivity index (χ1n) is 5.91. The van der Waals surface area contributed by atoms with Crippen molar-refractivity contribution in [2.45, 2.75) is 25.3 Å². The van der Waals surface area contributed by atoms with Crippen LogP contribution in [0.25, 0.3) is 10.2 Å². The lowest BCUT2D eigenvalue weighted by Crippen LogP contribution is -2.42. The number of fused-ring (bicyclic) bond motifs is 1. The Kier molecular flexibility index (Phi) is 3.16. The molecule has 0 amide bonds. The molecule has 1 fully saturated rings. The summed E-state index contributed by atoms with van der Waals surface area (Å²) in [7, 11) is 0. The molecule has 0 radical (unpaired) electrons. The molecule has 3 rings (SSSR count). The van der Waals surface area contributed by atoms with E-state index in [9.17, 15) is 0 Å². The summed E-state index contributed by atoms with van der Waals surface area (Å²) >= 11 is 7.63. The molecule has 2 aromatic rings. The van der Waals surface area contributed by atoms with Crippen molar-refractivity contribution in [1.82, 2.24) is 9.97 Å². The van der Waals surface area contributed by atoms with Gasteiger partial charge in [0.05, 0.1) is 10.2 Å². The monoisotopic (exact) mass is 267 g/mol. The normalized spacial score (nSPS) is 16.1. The predicted molar refractivity (Wildman–Crippen MR) is 73.1 cm³/mol. The van der Waals surface area contributed by atoms with Crippen molar-refractivity contribution in [3.05, 3.63) is 17.8 Å². The molecule has 2 aromatic heterocycles. The van der Waals surface area contributed by atoms with E-state index in [1.807, 2.05) is 6.07 Å². The summed E-state index contributed by atoms with van der Waals surface area (Å²) in [4.78, 5) is 11.1. The molecule has 0 bridgehead atoms. The van der Waals surface area contributed by atoms with Crippen LogP contribution in [0.5, 0.6) is 0 Å². The van der Waals surface area contributed by atoms with E-state index in [0.717, 1.165) is 17.9 Å². The van der Waals surface area contributed by atoms with E-state index in [1.165, 1.54) is 24.0 Å². The number of nitrogens with zero attached hydrogens (tertiary/aromatic N) is 3. The topological polar surface area (TPSA) is 29.0 Å². The second kappa shape index (κ2) is 4.78. The summed E-state index contributed by atoms with van der Waals surface area (Å²) in [6.07, 6.45) is 5.49. The molecule has 2 heterocycles. The Morgan fingerprint density at radius 2 is 2.29 bits per heavy atom. The maximum atomic E-state index is 5.91. The van der Waals surface area contributed by atoms with Crippen LogP contribution in [0.1, 0.15) is 19.3 Å². The minimum absolute atomic E-state index is 0.619. The number of hydrogen-bond acceptors (Lipinski definition) is 4. The summed E-state index contributed by atoms with van der Waals surface area (Å²) in [6.45, 7) is 0.871. The predicted octanol–water partition coefficient (Wildman–Crippen LogP) is 3.29. The van der Waals surface area contributed by atoms with Crippen molar-refractivity contribution < 1.29 is 0 Å². The Balaban J connectivity index is 2.01. The highest BCUT2D eigenvalue weighted by Crippen LogP contribution is 2.34. The molecule has 0 aromatic carbocycles. The standard InChI is InChI=1S/C12H14ClN3S/c13-5-6-16(9-2-1-3-9)12-11-10(4-7-17-11)14-8-15-12/h4,7-9H,1-3,5-6H2. The second-order valence-electron chi connectivity index (χ2n) is 4.30. The van der Waals surface area contributed by atoms with E-state index in [-0.39, 0.29) is 0 Å². The molecule has 1 aliphatic carbocycles. The van der Waals surface area contributed by atoms with Crippen molar-refractivity contribution >= 4 is 39.0 Å². The van der Waals surface area contributed by atoms with E-state index in [4.69, 9.17) is 11.6 Å². The van der Waals surface area contributed by atoms with Gasteiger partial charge in [-0.25, -0.2) is 9.97 Å². The lowest BCUT2D eigenvalue weighted by Gasteiger charge is -2.38. The van der Waals surface area contributed by atoms with Crippen molar-refractivity contribution in [3.8, 4) is 0 Å². The quantitative estimate of drug-likeness (QED) is 0.796. The van der Waals surface area contributed by atoms with Gasteiger partial charge in [0.25, 0.3) is 0 Å². The first-order chi connectivity index (χ1) is 8.40. The zero-order valence-corrected chi connectivity index (χ0v) is 11.0. The van der Waals surface area contributed by atoms with Crippen molar-refractivity contribution in [2.24, 2.45) is 0 Å². The highest BCUT2D eigenvalue weighted by molar-refractivity contribution is 7.17. The van der Waals surface area contributed by atoms with E-state index in [1.54, 1.807) is 17.7 Å². The average molecular weight is 268 g/mol. The maximum Gasteiger partial charge on any atom is 0.150 e. The molecule has 0 atom stereocenters. The molecule has 5 heteroatoms. The van der Waals surface area contributed by atoms with Gasteiger partial charge in [-0.1, -0.05) is 0 Å². The van der Waals surface area contributed by atoms with Gasteiger partial charge in [0.1, 0.15) is 12.1 Å². The van der Waals surface area contributed by atoms with Crippen molar-refractivity contribution in [3.63, 3.8) is 0 Å². The summed E-state index contributed by atoms with van der Waals surface area (Å²) in [6, 6.07) is 2.67. The molecular weight excluding hydrogens is 254 g/mol. The van der Waals surface area contributed by atoms with Crippen LogP contribution in [0.15, 0.2) is 17.8 Å². The van der Waals surface area contributed by atoms with Crippen LogP contribution in [0.2, 0.25) is 0 Å². The zero-order valence-electron chi connectivity index (χ0n) is 9.47. The highest BCUT2D eigenvalue weighted by atomic mass is 35.5. The van der Waals surface area contributed by atoms with E-state index in [2.05, 4.69) is 20.2 Å². The van der Waals surface area contributed by atoms with E-state index < -0.39 is 0 Å². The summed E-state index contributed by atoms with van der Waals surface area (Å²) in [5.41, 5.74) is 1.04. The molecule has 0 spiro atoms. The van der Waals surface area contributed by atoms with Crippen LogP contribution in [0.4, 0.5) is 5.82 Å². The van der Waals surface area contributed by atoms with Crippen molar-refractivity contribution in [2.75, 3.05) is 17.3 Å². The Morgan fingerprint density at radius 3 is 3.00 bits per heavy atom. The average Bonchev–Trinajstić information content (AvgIpc) is 2.73. The third-order valence-electron chi connectivity index (χ3n) is 3.34. The minimum atomic E-state index is 0.619. The fraction of sp³-hybridized carbons (Fsp3) is 0.500. The number of aromatic nitrogens is 2. The smallest absolute Gasteiger partial charge is 0.150 e. The summed E-state index contributed by atoms with van der Waals surface area (Å²) < 4.78 is 1.18. The first kappa shape index (κ1) is 11.2. The van der Waals surface area contributed by atoms with Gasteiger partial charge in [-0.05, 0) is 30.7 Å². The second-order valence-corrected chi connectivity index (χ2v) is 5.59. The Bertz CT molecular complexity index is 509. The van der Waals surface area contributed by atoms with Gasteiger partial charge < -0.3 is 4.90 Å². The van der Waals surface area contributed by atoms with Gasteiger partial charge in [0, 0.05) is 18.5 Å². The molecule has 0 unspecified atom stereocenters. The number of halogens is 1. The Labute approximate surface area is 109 Å². The number of alkyl halides is 1. The number of hydrogen-bond donors (Lipinski definition) is 0. The van der Waals surface area contributed by atoms with Gasteiger partial charge in [-0.15, -0.1) is 22.9 Å². The minimum Gasteiger partial charge on any atom is -0.351 e. The fourth-order valence-electron chi connectivity index (χ4n) is 2.23. The number of anilines is 1. The lowest BCUT2D eigenvalue weighted by molar-refractivity contribution is 0.389. The fourth-order valence-corrected chi connectivity index (χ4v) is 3.26. The van der Waals surface area contributed by atoms with Crippen molar-refractivity contribution in [1.29, 1.82) is 0 Å². The van der Waals surface area contributed by atoms with Crippen LogP contribution >= 0.6 is 22.9 Å². The molecule has 0 N–H and O–H groups in total. The molecule has 17 heavy (non-hydrogen) atoms. The number of thiophene rings is 1. The van der Waals surface area contributed by atoms with Gasteiger partial charge in [0.2, 0.25) is 0 Å². The molecule has 1 saturated carbocycles. The van der Waals surface area contributed by atoms with E-state index in [0.29, 0.717) is 11.9 Å². The van der Waals surface area contributed by atoms with Crippen LogP contribution in [-0.4, -0.2) is 28.4 Å². The molecule has 0 saturated heterocycles. The maximum absolute atomic E-state index is 5.91.